The number of hydrogen-bond donors (Lipinski definition) is 0. The van der Waals surface area contributed by atoms with Crippen LogP contribution in [0, 0.1) is 18.3 Å². The van der Waals surface area contributed by atoms with Gasteiger partial charge in [-0.25, -0.2) is 8.42 Å². The van der Waals surface area contributed by atoms with Gasteiger partial charge in [-0.3, -0.25) is 0 Å². The summed E-state index contributed by atoms with van der Waals surface area (Å²) in [7, 11) is -3.52. The Kier molecular flexibility index (Phi) is 4.50. The average Bonchev–Trinajstić information content (AvgIpc) is 2.56. The van der Waals surface area contributed by atoms with Gasteiger partial charge in [-0.1, -0.05) is 6.92 Å². The van der Waals surface area contributed by atoms with Gasteiger partial charge >= 0.3 is 0 Å². The lowest BCUT2D eigenvalue weighted by atomic mass is 10.4. The molecule has 1 rings (SSSR count). The van der Waals surface area contributed by atoms with Crippen molar-refractivity contribution in [3.63, 3.8) is 0 Å². The van der Waals surface area contributed by atoms with Crippen LogP contribution in [0.4, 0.5) is 0 Å². The third kappa shape index (κ3) is 2.63. The summed E-state index contributed by atoms with van der Waals surface area (Å²) >= 11 is 4.46. The summed E-state index contributed by atoms with van der Waals surface area (Å²) in [6.07, 6.45) is 0. The monoisotopic (exact) mass is 322 g/mol. The number of sulfonamides is 1. The maximum Gasteiger partial charge on any atom is 0.253 e. The van der Waals surface area contributed by atoms with Crippen LogP contribution >= 0.6 is 27.3 Å². The van der Waals surface area contributed by atoms with Crippen LogP contribution in [-0.2, 0) is 10.0 Å². The Labute approximate surface area is 108 Å². The van der Waals surface area contributed by atoms with Crippen LogP contribution in [0.25, 0.3) is 0 Å². The van der Waals surface area contributed by atoms with E-state index >= 15 is 0 Å². The molecular formula is C9H11BrN2O2S2. The first-order valence-corrected chi connectivity index (χ1v) is 7.61. The van der Waals surface area contributed by atoms with Gasteiger partial charge in [-0.15, -0.1) is 11.3 Å². The molecule has 0 saturated heterocycles. The highest BCUT2D eigenvalue weighted by atomic mass is 79.9. The van der Waals surface area contributed by atoms with E-state index in [1.54, 1.807) is 13.0 Å². The quantitative estimate of drug-likeness (QED) is 0.799. The number of nitriles is 1. The highest BCUT2D eigenvalue weighted by Crippen LogP contribution is 2.32. The summed E-state index contributed by atoms with van der Waals surface area (Å²) in [5.41, 5.74) is 0.886. The average molecular weight is 323 g/mol. The molecule has 0 saturated carbocycles. The summed E-state index contributed by atoms with van der Waals surface area (Å²) in [4.78, 5) is 0. The van der Waals surface area contributed by atoms with E-state index in [1.165, 1.54) is 11.3 Å². The Morgan fingerprint density at radius 2 is 2.25 bits per heavy atom. The van der Waals surface area contributed by atoms with Gasteiger partial charge in [0.2, 0.25) is 0 Å². The van der Waals surface area contributed by atoms with Crippen molar-refractivity contribution in [2.75, 3.05) is 13.1 Å². The Morgan fingerprint density at radius 3 is 2.62 bits per heavy atom. The highest BCUT2D eigenvalue weighted by Gasteiger charge is 2.25. The maximum absolute atomic E-state index is 12.1. The van der Waals surface area contributed by atoms with Crippen molar-refractivity contribution in [3.8, 4) is 6.07 Å². The van der Waals surface area contributed by atoms with Crippen molar-refractivity contribution in [2.24, 2.45) is 0 Å². The minimum absolute atomic E-state index is 0.118. The van der Waals surface area contributed by atoms with E-state index in [9.17, 15) is 8.42 Å². The molecule has 1 aromatic heterocycles. The molecule has 0 amide bonds. The van der Waals surface area contributed by atoms with Crippen LogP contribution in [0.5, 0.6) is 0 Å². The van der Waals surface area contributed by atoms with E-state index in [4.69, 9.17) is 5.26 Å². The molecule has 0 radical (unpaired) electrons. The molecule has 0 fully saturated rings. The molecule has 1 aromatic rings. The molecule has 0 unspecified atom stereocenters. The zero-order valence-electron chi connectivity index (χ0n) is 8.90. The van der Waals surface area contributed by atoms with E-state index in [-0.39, 0.29) is 10.8 Å². The Morgan fingerprint density at radius 1 is 1.62 bits per heavy atom. The van der Waals surface area contributed by atoms with E-state index in [0.717, 1.165) is 13.7 Å². The van der Waals surface area contributed by atoms with Gasteiger partial charge < -0.3 is 0 Å². The topological polar surface area (TPSA) is 61.2 Å². The van der Waals surface area contributed by atoms with E-state index in [2.05, 4.69) is 15.9 Å². The van der Waals surface area contributed by atoms with Crippen molar-refractivity contribution in [3.05, 3.63) is 15.4 Å². The molecule has 4 nitrogen and oxygen atoms in total. The summed E-state index contributed by atoms with van der Waals surface area (Å²) in [6, 6.07) is 3.47. The molecule has 0 aromatic carbocycles. The predicted octanol–water partition coefficient (Wildman–Crippen LogP) is 2.35. The predicted molar refractivity (Wildman–Crippen MR) is 66.8 cm³/mol. The third-order valence-electron chi connectivity index (χ3n) is 2.03. The lowest BCUT2D eigenvalue weighted by Gasteiger charge is -2.15. The van der Waals surface area contributed by atoms with E-state index in [0.29, 0.717) is 6.54 Å². The van der Waals surface area contributed by atoms with Gasteiger partial charge in [-0.05, 0) is 34.5 Å². The first-order valence-electron chi connectivity index (χ1n) is 4.56. The first kappa shape index (κ1) is 13.6. The molecule has 0 aliphatic heterocycles. The number of thiophene rings is 1. The maximum atomic E-state index is 12.1. The second-order valence-corrected chi connectivity index (χ2v) is 7.65. The molecule has 0 atom stereocenters. The zero-order valence-corrected chi connectivity index (χ0v) is 12.1. The van der Waals surface area contributed by atoms with Gasteiger partial charge in [0, 0.05) is 6.54 Å². The van der Waals surface area contributed by atoms with Crippen molar-refractivity contribution in [2.45, 2.75) is 18.1 Å². The molecule has 16 heavy (non-hydrogen) atoms. The fourth-order valence-electron chi connectivity index (χ4n) is 1.13. The van der Waals surface area contributed by atoms with Crippen LogP contribution in [0.15, 0.2) is 14.1 Å². The molecule has 7 heteroatoms. The second kappa shape index (κ2) is 5.27. The fraction of sp³-hybridized carbons (Fsp3) is 0.444. The van der Waals surface area contributed by atoms with Gasteiger partial charge in [0.15, 0.2) is 0 Å². The lowest BCUT2D eigenvalue weighted by molar-refractivity contribution is 0.464. The number of rotatable bonds is 4. The molecule has 0 aliphatic rings. The Hall–Kier alpha value is -0.420. The Balaban J connectivity index is 3.15. The summed E-state index contributed by atoms with van der Waals surface area (Å²) in [5, 5.41) is 8.58. The van der Waals surface area contributed by atoms with Crippen LogP contribution in [0.2, 0.25) is 0 Å². The third-order valence-corrected chi connectivity index (χ3v) is 6.54. The SMILES string of the molecule is CCN(CC#N)S(=O)(=O)c1cc(C)c(Br)s1. The molecule has 88 valence electrons. The summed E-state index contributed by atoms with van der Waals surface area (Å²) < 4.78 is 26.4. The minimum atomic E-state index is -3.52. The fourth-order valence-corrected chi connectivity index (χ4v) is 4.86. The van der Waals surface area contributed by atoms with Crippen LogP contribution in [-0.4, -0.2) is 25.8 Å². The van der Waals surface area contributed by atoms with Gasteiger partial charge in [0.05, 0.1) is 9.86 Å². The standard InChI is InChI=1S/C9H11BrN2O2S2/c1-3-12(5-4-11)16(13,14)8-6-7(2)9(10)15-8/h6H,3,5H2,1-2H3. The Bertz CT molecular complexity index is 497. The first-order chi connectivity index (χ1) is 7.43. The molecule has 0 aliphatic carbocycles. The van der Waals surface area contributed by atoms with Gasteiger partial charge in [0.25, 0.3) is 10.0 Å². The second-order valence-electron chi connectivity index (χ2n) is 3.11. The molecule has 1 heterocycles. The van der Waals surface area contributed by atoms with Crippen molar-refractivity contribution >= 4 is 37.3 Å². The van der Waals surface area contributed by atoms with Gasteiger partial charge in [0.1, 0.15) is 10.8 Å². The summed E-state index contributed by atoms with van der Waals surface area (Å²) in [5.74, 6) is 0. The molecule has 0 N–H and O–H groups in total. The summed E-state index contributed by atoms with van der Waals surface area (Å²) in [6.45, 7) is 3.72. The van der Waals surface area contributed by atoms with Crippen LogP contribution < -0.4 is 0 Å². The molecule has 0 spiro atoms. The number of halogens is 1. The van der Waals surface area contributed by atoms with Gasteiger partial charge in [-0.2, -0.15) is 9.57 Å². The zero-order chi connectivity index (χ0) is 12.3. The van der Waals surface area contributed by atoms with Crippen molar-refractivity contribution in [1.29, 1.82) is 5.26 Å². The normalized spacial score (nSPS) is 11.7. The minimum Gasteiger partial charge on any atom is -0.206 e. The number of hydrogen-bond acceptors (Lipinski definition) is 4. The van der Waals surface area contributed by atoms with Crippen LogP contribution in [0.1, 0.15) is 12.5 Å². The van der Waals surface area contributed by atoms with Crippen molar-refractivity contribution in [1.82, 2.24) is 4.31 Å². The largest absolute Gasteiger partial charge is 0.253 e. The molecular weight excluding hydrogens is 312 g/mol. The lowest BCUT2D eigenvalue weighted by Crippen LogP contribution is -2.30. The smallest absolute Gasteiger partial charge is 0.206 e. The highest BCUT2D eigenvalue weighted by molar-refractivity contribution is 9.11. The van der Waals surface area contributed by atoms with E-state index in [1.807, 2.05) is 13.0 Å². The molecule has 0 bridgehead atoms. The van der Waals surface area contributed by atoms with Crippen LogP contribution in [0.3, 0.4) is 0 Å². The number of aryl methyl sites for hydroxylation is 1. The van der Waals surface area contributed by atoms with E-state index < -0.39 is 10.0 Å². The number of nitrogens with zero attached hydrogens (tertiary/aromatic N) is 2. The van der Waals surface area contributed by atoms with Crippen molar-refractivity contribution < 1.29 is 8.42 Å².